The van der Waals surface area contributed by atoms with Gasteiger partial charge in [0.15, 0.2) is 0 Å². The van der Waals surface area contributed by atoms with Crippen molar-refractivity contribution in [2.24, 2.45) is 0 Å². The maximum Gasteiger partial charge on any atom is 0.304 e. The van der Waals surface area contributed by atoms with Crippen molar-refractivity contribution in [2.75, 3.05) is 35.3 Å². The number of rotatable bonds is 6. The van der Waals surface area contributed by atoms with Gasteiger partial charge >= 0.3 is 5.97 Å². The molecule has 1 aromatic heterocycles. The van der Waals surface area contributed by atoms with Crippen LogP contribution >= 0.6 is 22.9 Å². The van der Waals surface area contributed by atoms with E-state index in [0.29, 0.717) is 29.5 Å². The van der Waals surface area contributed by atoms with Crippen molar-refractivity contribution in [3.05, 3.63) is 70.1 Å². The fraction of sp³-hybridized carbons (Fsp3) is 0.192. The Hall–Kier alpha value is -3.42. The van der Waals surface area contributed by atoms with Crippen molar-refractivity contribution < 1.29 is 9.90 Å². The highest BCUT2D eigenvalue weighted by atomic mass is 35.5. The number of aliphatic carboxylic acids is 1. The summed E-state index contributed by atoms with van der Waals surface area (Å²) in [5.74, 6) is -0.870. The highest BCUT2D eigenvalue weighted by Gasteiger charge is 2.31. The van der Waals surface area contributed by atoms with Gasteiger partial charge in [0.05, 0.1) is 16.8 Å². The van der Waals surface area contributed by atoms with Gasteiger partial charge in [-0.2, -0.15) is 0 Å². The monoisotopic (exact) mass is 492 g/mol. The molecule has 0 saturated heterocycles. The van der Waals surface area contributed by atoms with Crippen LogP contribution < -0.4 is 21.7 Å². The molecule has 0 saturated carbocycles. The number of nitrogens with zero attached hydrogens (tertiary/aromatic N) is 1. The lowest BCUT2D eigenvalue weighted by molar-refractivity contribution is -0.137. The van der Waals surface area contributed by atoms with Crippen molar-refractivity contribution in [1.29, 1.82) is 0 Å². The van der Waals surface area contributed by atoms with Crippen molar-refractivity contribution >= 4 is 61.7 Å². The Morgan fingerprint density at radius 1 is 1.15 bits per heavy atom. The SMILES string of the molecule is CNc1cc(Cl)cc2c(CN3CC(CC(=O)O)c4ccc(-c5cc(N)cc(N)c5)cc43)csc12. The van der Waals surface area contributed by atoms with Crippen LogP contribution in [0.1, 0.15) is 23.5 Å². The second kappa shape index (κ2) is 8.74. The van der Waals surface area contributed by atoms with Crippen molar-refractivity contribution in [1.82, 2.24) is 0 Å². The van der Waals surface area contributed by atoms with Gasteiger partial charge in [0.25, 0.3) is 0 Å². The predicted octanol–water partition coefficient (Wildman–Crippen LogP) is 6.01. The van der Waals surface area contributed by atoms with E-state index in [4.69, 9.17) is 23.1 Å². The highest BCUT2D eigenvalue weighted by Crippen LogP contribution is 2.43. The fourth-order valence-corrected chi connectivity index (χ4v) is 6.13. The number of nitrogens with one attached hydrogen (secondary N) is 1. The van der Waals surface area contributed by atoms with Crippen LogP contribution in [0, 0.1) is 0 Å². The first-order chi connectivity index (χ1) is 16.3. The third-order valence-electron chi connectivity index (χ3n) is 6.33. The number of anilines is 4. The summed E-state index contributed by atoms with van der Waals surface area (Å²) < 4.78 is 1.16. The Kier molecular flexibility index (Phi) is 5.75. The van der Waals surface area contributed by atoms with E-state index in [0.717, 1.165) is 38.2 Å². The summed E-state index contributed by atoms with van der Waals surface area (Å²) >= 11 is 8.07. The number of carboxylic acids is 1. The quantitative estimate of drug-likeness (QED) is 0.246. The van der Waals surface area contributed by atoms with Gasteiger partial charge in [-0.15, -0.1) is 11.3 Å². The average molecular weight is 493 g/mol. The largest absolute Gasteiger partial charge is 0.481 e. The maximum absolute atomic E-state index is 11.6. The molecule has 0 aliphatic carbocycles. The third-order valence-corrected chi connectivity index (χ3v) is 7.63. The Balaban J connectivity index is 1.56. The van der Waals surface area contributed by atoms with Crippen LogP contribution in [0.5, 0.6) is 0 Å². The van der Waals surface area contributed by atoms with E-state index in [9.17, 15) is 9.90 Å². The molecule has 0 amide bonds. The van der Waals surface area contributed by atoms with Gasteiger partial charge in [-0.25, -0.2) is 0 Å². The number of carboxylic acid groups (broad SMARTS) is 1. The Morgan fingerprint density at radius 3 is 2.62 bits per heavy atom. The van der Waals surface area contributed by atoms with Gasteiger partial charge in [0, 0.05) is 53.5 Å². The molecule has 4 aromatic rings. The number of nitrogens with two attached hydrogens (primary N) is 2. The van der Waals surface area contributed by atoms with E-state index in [1.165, 1.54) is 5.56 Å². The van der Waals surface area contributed by atoms with Crippen LogP contribution in [0.15, 0.2) is 53.9 Å². The number of hydrogen-bond acceptors (Lipinski definition) is 6. The van der Waals surface area contributed by atoms with Crippen LogP contribution in [0.2, 0.25) is 5.02 Å². The average Bonchev–Trinajstić information content (AvgIpc) is 3.33. The molecule has 1 unspecified atom stereocenters. The molecule has 3 aromatic carbocycles. The van der Waals surface area contributed by atoms with Gasteiger partial charge in [-0.05, 0) is 64.0 Å². The van der Waals surface area contributed by atoms with Crippen LogP contribution in [0.3, 0.4) is 0 Å². The van der Waals surface area contributed by atoms with Crippen LogP contribution in [-0.4, -0.2) is 24.7 Å². The van der Waals surface area contributed by atoms with E-state index < -0.39 is 5.97 Å². The first kappa shape index (κ1) is 22.4. The fourth-order valence-electron chi connectivity index (χ4n) is 4.85. The zero-order valence-electron chi connectivity index (χ0n) is 18.6. The van der Waals surface area contributed by atoms with E-state index in [2.05, 4.69) is 21.7 Å². The molecule has 1 aliphatic rings. The zero-order chi connectivity index (χ0) is 24.0. The Bertz CT molecular complexity index is 1400. The minimum absolute atomic E-state index is 0.0752. The number of hydrogen-bond donors (Lipinski definition) is 4. The number of fused-ring (bicyclic) bond motifs is 2. The maximum atomic E-state index is 11.6. The molecule has 0 spiro atoms. The molecule has 8 heteroatoms. The topological polar surface area (TPSA) is 105 Å². The van der Waals surface area contributed by atoms with Gasteiger partial charge < -0.3 is 26.8 Å². The summed E-state index contributed by atoms with van der Waals surface area (Å²) in [4.78, 5) is 13.8. The molecule has 5 rings (SSSR count). The molecule has 34 heavy (non-hydrogen) atoms. The lowest BCUT2D eigenvalue weighted by atomic mass is 9.95. The number of benzene rings is 3. The lowest BCUT2D eigenvalue weighted by Crippen LogP contribution is -2.22. The third kappa shape index (κ3) is 4.13. The molecule has 0 fully saturated rings. The molecular formula is C26H25ClN4O2S. The number of carbonyl (C=O) groups is 1. The summed E-state index contributed by atoms with van der Waals surface area (Å²) in [7, 11) is 1.89. The van der Waals surface area contributed by atoms with E-state index >= 15 is 0 Å². The summed E-state index contributed by atoms with van der Waals surface area (Å²) in [5.41, 5.74) is 19.5. The van der Waals surface area contributed by atoms with E-state index in [-0.39, 0.29) is 12.3 Å². The van der Waals surface area contributed by atoms with Gasteiger partial charge in [0.2, 0.25) is 0 Å². The minimum Gasteiger partial charge on any atom is -0.481 e. The molecule has 6 nitrogen and oxygen atoms in total. The minimum atomic E-state index is -0.795. The Morgan fingerprint density at radius 2 is 1.91 bits per heavy atom. The normalized spacial score (nSPS) is 15.0. The van der Waals surface area contributed by atoms with E-state index in [1.54, 1.807) is 17.4 Å². The molecule has 0 radical (unpaired) electrons. The first-order valence-corrected chi connectivity index (χ1v) is 12.2. The van der Waals surface area contributed by atoms with Gasteiger partial charge in [-0.3, -0.25) is 4.79 Å². The zero-order valence-corrected chi connectivity index (χ0v) is 20.2. The number of halogens is 1. The standard InChI is InChI=1S/C26H25ClN4O2S/c1-30-23-9-18(27)8-22-17(13-34-26(22)23)12-31-11-16(7-25(32)33)21-3-2-14(6-24(21)31)15-4-19(28)10-20(29)5-15/h2-6,8-10,13,16,30H,7,11-12,28-29H2,1H3,(H,32,33). The molecule has 1 aliphatic heterocycles. The lowest BCUT2D eigenvalue weighted by Gasteiger charge is -2.20. The molecule has 1 atom stereocenters. The molecule has 2 heterocycles. The van der Waals surface area contributed by atoms with Gasteiger partial charge in [0.1, 0.15) is 0 Å². The first-order valence-electron chi connectivity index (χ1n) is 11.0. The smallest absolute Gasteiger partial charge is 0.304 e. The Labute approximate surface area is 206 Å². The van der Waals surface area contributed by atoms with Crippen LogP contribution in [0.4, 0.5) is 22.7 Å². The molecule has 0 bridgehead atoms. The second-order valence-electron chi connectivity index (χ2n) is 8.68. The highest BCUT2D eigenvalue weighted by molar-refractivity contribution is 7.18. The van der Waals surface area contributed by atoms with Gasteiger partial charge in [-0.1, -0.05) is 23.7 Å². The number of nitrogen functional groups attached to an aromatic ring is 2. The predicted molar refractivity (Wildman–Crippen MR) is 143 cm³/mol. The second-order valence-corrected chi connectivity index (χ2v) is 9.99. The molecular weight excluding hydrogens is 468 g/mol. The summed E-state index contributed by atoms with van der Waals surface area (Å²) in [6.45, 7) is 1.30. The summed E-state index contributed by atoms with van der Waals surface area (Å²) in [5, 5.41) is 16.7. The summed E-state index contributed by atoms with van der Waals surface area (Å²) in [6.07, 6.45) is 0.0915. The van der Waals surface area contributed by atoms with Crippen LogP contribution in [0.25, 0.3) is 21.2 Å². The molecule has 6 N–H and O–H groups in total. The van der Waals surface area contributed by atoms with Crippen molar-refractivity contribution in [2.45, 2.75) is 18.9 Å². The molecule has 174 valence electrons. The van der Waals surface area contributed by atoms with Crippen LogP contribution in [-0.2, 0) is 11.3 Å². The number of thiophene rings is 1. The summed E-state index contributed by atoms with van der Waals surface area (Å²) in [6, 6.07) is 15.6. The van der Waals surface area contributed by atoms with Crippen molar-refractivity contribution in [3.63, 3.8) is 0 Å². The van der Waals surface area contributed by atoms with Crippen molar-refractivity contribution in [3.8, 4) is 11.1 Å². The van der Waals surface area contributed by atoms with E-state index in [1.807, 2.05) is 43.4 Å².